The largest absolute Gasteiger partial charge is 0.469 e. The van der Waals surface area contributed by atoms with E-state index in [1.807, 2.05) is 6.07 Å². The third-order valence-electron chi connectivity index (χ3n) is 4.96. The molecule has 4 atom stereocenters. The molecule has 2 bridgehead atoms. The topological polar surface area (TPSA) is 29.5 Å². The van der Waals surface area contributed by atoms with Crippen molar-refractivity contribution in [3.63, 3.8) is 0 Å². The number of hydrogen-bond acceptors (Lipinski definition) is 3. The van der Waals surface area contributed by atoms with Gasteiger partial charge in [-0.05, 0) is 31.9 Å². The summed E-state index contributed by atoms with van der Waals surface area (Å²) in [6.45, 7) is 0. The minimum absolute atomic E-state index is 0.0149. The zero-order valence-corrected chi connectivity index (χ0v) is 11.6. The van der Waals surface area contributed by atoms with Gasteiger partial charge in [-0.3, -0.25) is 9.69 Å². The predicted octanol–water partition coefficient (Wildman–Crippen LogP) is 2.43. The highest BCUT2D eigenvalue weighted by atomic mass is 16.5. The SMILES string of the molecule is COC(=O)[C@H]1C[C@H]2CCC([C@H]1c1ccccc1)N2C. The van der Waals surface area contributed by atoms with Gasteiger partial charge in [0.25, 0.3) is 0 Å². The quantitative estimate of drug-likeness (QED) is 0.764. The molecule has 2 fully saturated rings. The van der Waals surface area contributed by atoms with Crippen molar-refractivity contribution >= 4 is 5.97 Å². The van der Waals surface area contributed by atoms with Crippen LogP contribution in [-0.4, -0.2) is 37.1 Å². The lowest BCUT2D eigenvalue weighted by atomic mass is 9.76. The fraction of sp³-hybridized carbons (Fsp3) is 0.562. The Balaban J connectivity index is 1.97. The first kappa shape index (κ1) is 12.7. The summed E-state index contributed by atoms with van der Waals surface area (Å²) in [4.78, 5) is 14.6. The fourth-order valence-electron chi connectivity index (χ4n) is 3.99. The summed E-state index contributed by atoms with van der Waals surface area (Å²) >= 11 is 0. The van der Waals surface area contributed by atoms with Gasteiger partial charge >= 0.3 is 5.97 Å². The molecule has 0 radical (unpaired) electrons. The van der Waals surface area contributed by atoms with Gasteiger partial charge in [-0.25, -0.2) is 0 Å². The highest BCUT2D eigenvalue weighted by molar-refractivity contribution is 5.74. The Morgan fingerprint density at radius 3 is 2.68 bits per heavy atom. The molecule has 2 aliphatic heterocycles. The van der Waals surface area contributed by atoms with E-state index >= 15 is 0 Å². The molecule has 1 aromatic carbocycles. The molecular formula is C16H21NO2. The average molecular weight is 259 g/mol. The number of ether oxygens (including phenoxy) is 1. The summed E-state index contributed by atoms with van der Waals surface area (Å²) in [6.07, 6.45) is 3.32. The molecule has 3 nitrogen and oxygen atoms in total. The van der Waals surface area contributed by atoms with Crippen LogP contribution >= 0.6 is 0 Å². The minimum Gasteiger partial charge on any atom is -0.469 e. The lowest BCUT2D eigenvalue weighted by Gasteiger charge is -2.42. The molecule has 2 saturated heterocycles. The van der Waals surface area contributed by atoms with E-state index in [0.717, 1.165) is 6.42 Å². The van der Waals surface area contributed by atoms with Gasteiger partial charge in [0.05, 0.1) is 13.0 Å². The second-order valence-corrected chi connectivity index (χ2v) is 5.77. The number of likely N-dealkylation sites (N-methyl/N-ethyl adjacent to an activating group) is 1. The van der Waals surface area contributed by atoms with Gasteiger partial charge < -0.3 is 4.74 Å². The van der Waals surface area contributed by atoms with E-state index in [-0.39, 0.29) is 17.8 Å². The number of piperidine rings is 1. The monoisotopic (exact) mass is 259 g/mol. The molecule has 2 aliphatic rings. The molecule has 1 unspecified atom stereocenters. The molecule has 102 valence electrons. The third kappa shape index (κ3) is 2.06. The summed E-state index contributed by atoms with van der Waals surface area (Å²) in [5.74, 6) is 0.248. The van der Waals surface area contributed by atoms with Gasteiger partial charge in [-0.1, -0.05) is 30.3 Å². The number of fused-ring (bicyclic) bond motifs is 2. The number of carbonyl (C=O) groups is 1. The van der Waals surface area contributed by atoms with Crippen LogP contribution in [0.1, 0.15) is 30.7 Å². The average Bonchev–Trinajstić information content (AvgIpc) is 2.70. The summed E-state index contributed by atoms with van der Waals surface area (Å²) in [6, 6.07) is 11.5. The third-order valence-corrected chi connectivity index (χ3v) is 4.96. The zero-order valence-electron chi connectivity index (χ0n) is 11.6. The summed E-state index contributed by atoms with van der Waals surface area (Å²) in [7, 11) is 3.70. The van der Waals surface area contributed by atoms with Gasteiger partial charge in [0, 0.05) is 18.0 Å². The number of nitrogens with zero attached hydrogens (tertiary/aromatic N) is 1. The summed E-state index contributed by atoms with van der Waals surface area (Å²) in [5.41, 5.74) is 1.27. The normalized spacial score (nSPS) is 34.2. The standard InChI is InChI=1S/C16H21NO2/c1-17-12-8-9-14(17)15(11-6-4-3-5-7-11)13(10-12)16(18)19-2/h3-7,12-15H,8-10H2,1-2H3/t12-,13+,14?,15+/m1/s1. The number of esters is 1. The minimum atomic E-state index is -0.0427. The number of methoxy groups -OCH3 is 1. The second-order valence-electron chi connectivity index (χ2n) is 5.77. The smallest absolute Gasteiger partial charge is 0.309 e. The van der Waals surface area contributed by atoms with Crippen molar-refractivity contribution in [2.45, 2.75) is 37.3 Å². The molecule has 0 spiro atoms. The van der Waals surface area contributed by atoms with Crippen molar-refractivity contribution < 1.29 is 9.53 Å². The first-order valence-corrected chi connectivity index (χ1v) is 7.07. The van der Waals surface area contributed by atoms with Crippen molar-refractivity contribution in [1.82, 2.24) is 4.90 Å². The van der Waals surface area contributed by atoms with Crippen LogP contribution in [0.25, 0.3) is 0 Å². The second kappa shape index (κ2) is 4.97. The Kier molecular flexibility index (Phi) is 3.31. The lowest BCUT2D eigenvalue weighted by Crippen LogP contribution is -2.47. The van der Waals surface area contributed by atoms with Gasteiger partial charge in [-0.15, -0.1) is 0 Å². The Morgan fingerprint density at radius 1 is 1.26 bits per heavy atom. The van der Waals surface area contributed by atoms with E-state index in [9.17, 15) is 4.79 Å². The highest BCUT2D eigenvalue weighted by Gasteiger charge is 2.48. The Morgan fingerprint density at radius 2 is 2.00 bits per heavy atom. The molecule has 0 saturated carbocycles. The van der Waals surface area contributed by atoms with Crippen LogP contribution < -0.4 is 0 Å². The molecule has 2 heterocycles. The molecule has 0 N–H and O–H groups in total. The predicted molar refractivity (Wildman–Crippen MR) is 73.9 cm³/mol. The number of hydrogen-bond donors (Lipinski definition) is 0. The maximum Gasteiger partial charge on any atom is 0.309 e. The van der Waals surface area contributed by atoms with Crippen LogP contribution in [0.5, 0.6) is 0 Å². The Hall–Kier alpha value is -1.35. The zero-order chi connectivity index (χ0) is 13.4. The lowest BCUT2D eigenvalue weighted by molar-refractivity contribution is -0.149. The van der Waals surface area contributed by atoms with Crippen molar-refractivity contribution in [3.8, 4) is 0 Å². The van der Waals surface area contributed by atoms with E-state index in [1.165, 1.54) is 25.5 Å². The molecular weight excluding hydrogens is 238 g/mol. The molecule has 19 heavy (non-hydrogen) atoms. The van der Waals surface area contributed by atoms with Crippen LogP contribution in [0.3, 0.4) is 0 Å². The van der Waals surface area contributed by atoms with E-state index < -0.39 is 0 Å². The number of carbonyl (C=O) groups excluding carboxylic acids is 1. The van der Waals surface area contributed by atoms with Crippen molar-refractivity contribution in [3.05, 3.63) is 35.9 Å². The maximum absolute atomic E-state index is 12.1. The van der Waals surface area contributed by atoms with Gasteiger partial charge in [-0.2, -0.15) is 0 Å². The Labute approximate surface area is 114 Å². The van der Waals surface area contributed by atoms with Crippen LogP contribution in [0, 0.1) is 5.92 Å². The first-order chi connectivity index (χ1) is 9.22. The molecule has 1 aromatic rings. The highest BCUT2D eigenvalue weighted by Crippen LogP contribution is 2.46. The van der Waals surface area contributed by atoms with E-state index in [1.54, 1.807) is 0 Å². The number of benzene rings is 1. The van der Waals surface area contributed by atoms with Crippen molar-refractivity contribution in [2.75, 3.05) is 14.2 Å². The molecule has 3 heteroatoms. The summed E-state index contributed by atoms with van der Waals surface area (Å²) in [5, 5.41) is 0. The van der Waals surface area contributed by atoms with Crippen LogP contribution in [0.4, 0.5) is 0 Å². The van der Waals surface area contributed by atoms with E-state index in [2.05, 4.69) is 36.2 Å². The van der Waals surface area contributed by atoms with Gasteiger partial charge in [0.15, 0.2) is 0 Å². The number of rotatable bonds is 2. The maximum atomic E-state index is 12.1. The first-order valence-electron chi connectivity index (χ1n) is 7.07. The van der Waals surface area contributed by atoms with Crippen LogP contribution in [0.2, 0.25) is 0 Å². The van der Waals surface area contributed by atoms with E-state index in [0.29, 0.717) is 12.1 Å². The van der Waals surface area contributed by atoms with Gasteiger partial charge in [0.1, 0.15) is 0 Å². The molecule has 0 aliphatic carbocycles. The van der Waals surface area contributed by atoms with Crippen molar-refractivity contribution in [2.24, 2.45) is 5.92 Å². The summed E-state index contributed by atoms with van der Waals surface area (Å²) < 4.78 is 5.04. The Bertz CT molecular complexity index is 459. The van der Waals surface area contributed by atoms with Crippen LogP contribution in [0.15, 0.2) is 30.3 Å². The van der Waals surface area contributed by atoms with E-state index in [4.69, 9.17) is 4.74 Å². The van der Waals surface area contributed by atoms with Crippen molar-refractivity contribution in [1.29, 1.82) is 0 Å². The molecule has 0 amide bonds. The molecule has 0 aromatic heterocycles. The van der Waals surface area contributed by atoms with Crippen LogP contribution in [-0.2, 0) is 9.53 Å². The molecule has 3 rings (SSSR count). The van der Waals surface area contributed by atoms with Gasteiger partial charge in [0.2, 0.25) is 0 Å². The fourth-order valence-corrected chi connectivity index (χ4v) is 3.99.